The molecule has 0 saturated heterocycles. The molecule has 0 unspecified atom stereocenters. The molecule has 0 aliphatic carbocycles. The van der Waals surface area contributed by atoms with E-state index in [2.05, 4.69) is 20.8 Å². The van der Waals surface area contributed by atoms with Gasteiger partial charge in [0, 0.05) is 5.69 Å². The SMILES string of the molecule is O=C(CCl)Nc1cccc(-n2cnnn2)c1. The topological polar surface area (TPSA) is 72.7 Å². The molecular formula is C9H8ClN5O. The Labute approximate surface area is 96.2 Å². The molecule has 0 spiro atoms. The van der Waals surface area contributed by atoms with Crippen molar-refractivity contribution in [2.75, 3.05) is 11.2 Å². The summed E-state index contributed by atoms with van der Waals surface area (Å²) in [5.74, 6) is -0.328. The van der Waals surface area contributed by atoms with E-state index in [0.717, 1.165) is 5.69 Å². The summed E-state index contributed by atoms with van der Waals surface area (Å²) in [6, 6.07) is 7.13. The summed E-state index contributed by atoms with van der Waals surface area (Å²) in [6.07, 6.45) is 1.47. The number of aromatic nitrogens is 4. The minimum absolute atomic E-state index is 0.0743. The predicted octanol–water partition coefficient (Wildman–Crippen LogP) is 0.840. The smallest absolute Gasteiger partial charge is 0.239 e. The van der Waals surface area contributed by atoms with Crippen molar-refractivity contribution >= 4 is 23.2 Å². The van der Waals surface area contributed by atoms with Gasteiger partial charge in [0.15, 0.2) is 0 Å². The summed E-state index contributed by atoms with van der Waals surface area (Å²) in [7, 11) is 0. The van der Waals surface area contributed by atoms with Crippen LogP contribution in [-0.2, 0) is 4.79 Å². The first kappa shape index (κ1) is 10.6. The highest BCUT2D eigenvalue weighted by Gasteiger charge is 2.02. The zero-order chi connectivity index (χ0) is 11.4. The fraction of sp³-hybridized carbons (Fsp3) is 0.111. The summed E-state index contributed by atoms with van der Waals surface area (Å²) >= 11 is 5.39. The fourth-order valence-corrected chi connectivity index (χ4v) is 1.27. The molecule has 6 nitrogen and oxygen atoms in total. The van der Waals surface area contributed by atoms with E-state index in [1.807, 2.05) is 6.07 Å². The number of tetrazole rings is 1. The van der Waals surface area contributed by atoms with Crippen molar-refractivity contribution in [3.05, 3.63) is 30.6 Å². The van der Waals surface area contributed by atoms with Gasteiger partial charge in [0.25, 0.3) is 0 Å². The third-order valence-corrected chi connectivity index (χ3v) is 2.11. The maximum atomic E-state index is 11.1. The van der Waals surface area contributed by atoms with E-state index in [4.69, 9.17) is 11.6 Å². The monoisotopic (exact) mass is 237 g/mol. The lowest BCUT2D eigenvalue weighted by atomic mass is 10.3. The van der Waals surface area contributed by atoms with Gasteiger partial charge in [-0.25, -0.2) is 4.68 Å². The molecular weight excluding hydrogens is 230 g/mol. The van der Waals surface area contributed by atoms with Gasteiger partial charge in [-0.05, 0) is 28.6 Å². The van der Waals surface area contributed by atoms with Crippen LogP contribution in [0, 0.1) is 0 Å². The molecule has 0 bridgehead atoms. The van der Waals surface area contributed by atoms with Crippen LogP contribution in [0.15, 0.2) is 30.6 Å². The third-order valence-electron chi connectivity index (χ3n) is 1.86. The van der Waals surface area contributed by atoms with Gasteiger partial charge >= 0.3 is 0 Å². The number of anilines is 1. The maximum Gasteiger partial charge on any atom is 0.239 e. The average molecular weight is 238 g/mol. The highest BCUT2D eigenvalue weighted by atomic mass is 35.5. The Morgan fingerprint density at radius 1 is 1.50 bits per heavy atom. The number of rotatable bonds is 3. The second-order valence-electron chi connectivity index (χ2n) is 2.99. The quantitative estimate of drug-likeness (QED) is 0.803. The van der Waals surface area contributed by atoms with Gasteiger partial charge in [0.1, 0.15) is 12.2 Å². The molecule has 1 aromatic heterocycles. The molecule has 1 N–H and O–H groups in total. The Morgan fingerprint density at radius 2 is 2.38 bits per heavy atom. The number of amides is 1. The molecule has 0 saturated carbocycles. The number of halogens is 1. The van der Waals surface area contributed by atoms with Crippen molar-refractivity contribution < 1.29 is 4.79 Å². The summed E-state index contributed by atoms with van der Waals surface area (Å²) in [5, 5.41) is 13.4. The van der Waals surface area contributed by atoms with Gasteiger partial charge in [0.05, 0.1) is 5.69 Å². The number of carbonyl (C=O) groups excluding carboxylic acids is 1. The molecule has 1 amide bonds. The highest BCUT2D eigenvalue weighted by molar-refractivity contribution is 6.29. The minimum Gasteiger partial charge on any atom is -0.325 e. The first-order valence-corrected chi connectivity index (χ1v) is 5.02. The van der Waals surface area contributed by atoms with Crippen LogP contribution in [0.5, 0.6) is 0 Å². The third kappa shape index (κ3) is 2.34. The lowest BCUT2D eigenvalue weighted by Gasteiger charge is -2.04. The van der Waals surface area contributed by atoms with E-state index in [0.29, 0.717) is 5.69 Å². The number of nitrogens with one attached hydrogen (secondary N) is 1. The van der Waals surface area contributed by atoms with Crippen molar-refractivity contribution in [2.45, 2.75) is 0 Å². The molecule has 7 heteroatoms. The number of alkyl halides is 1. The van der Waals surface area contributed by atoms with Crippen LogP contribution >= 0.6 is 11.6 Å². The maximum absolute atomic E-state index is 11.1. The summed E-state index contributed by atoms with van der Waals surface area (Å²) in [4.78, 5) is 11.1. The zero-order valence-electron chi connectivity index (χ0n) is 8.17. The lowest BCUT2D eigenvalue weighted by molar-refractivity contribution is -0.113. The number of carbonyl (C=O) groups is 1. The van der Waals surface area contributed by atoms with Crippen LogP contribution in [0.4, 0.5) is 5.69 Å². The van der Waals surface area contributed by atoms with Crippen LogP contribution in [-0.4, -0.2) is 32.0 Å². The molecule has 0 fully saturated rings. The highest BCUT2D eigenvalue weighted by Crippen LogP contribution is 2.13. The number of nitrogens with zero attached hydrogens (tertiary/aromatic N) is 4. The Morgan fingerprint density at radius 3 is 3.06 bits per heavy atom. The van der Waals surface area contributed by atoms with Crippen LogP contribution in [0.3, 0.4) is 0 Å². The van der Waals surface area contributed by atoms with E-state index in [1.54, 1.807) is 18.2 Å². The van der Waals surface area contributed by atoms with Crippen LogP contribution < -0.4 is 5.32 Å². The van der Waals surface area contributed by atoms with Crippen LogP contribution in [0.2, 0.25) is 0 Å². The normalized spacial score (nSPS) is 10.1. The molecule has 2 aromatic rings. The Kier molecular flexibility index (Phi) is 3.11. The second kappa shape index (κ2) is 4.71. The van der Waals surface area contributed by atoms with Gasteiger partial charge in [-0.2, -0.15) is 0 Å². The van der Waals surface area contributed by atoms with E-state index in [-0.39, 0.29) is 11.8 Å². The van der Waals surface area contributed by atoms with E-state index in [1.165, 1.54) is 11.0 Å². The molecule has 0 radical (unpaired) electrons. The van der Waals surface area contributed by atoms with Crippen LogP contribution in [0.25, 0.3) is 5.69 Å². The zero-order valence-corrected chi connectivity index (χ0v) is 8.92. The Balaban J connectivity index is 2.23. The van der Waals surface area contributed by atoms with E-state index >= 15 is 0 Å². The van der Waals surface area contributed by atoms with Crippen molar-refractivity contribution in [2.24, 2.45) is 0 Å². The standard InChI is InChI=1S/C9H8ClN5O/c10-5-9(16)12-7-2-1-3-8(4-7)15-6-11-13-14-15/h1-4,6H,5H2,(H,12,16). The van der Waals surface area contributed by atoms with Gasteiger partial charge in [-0.15, -0.1) is 16.7 Å². The van der Waals surface area contributed by atoms with Gasteiger partial charge in [-0.1, -0.05) is 6.07 Å². The Hall–Kier alpha value is -1.95. The molecule has 1 aromatic carbocycles. The molecule has 1 heterocycles. The summed E-state index contributed by atoms with van der Waals surface area (Å²) in [5.41, 5.74) is 1.41. The molecule has 0 atom stereocenters. The van der Waals surface area contributed by atoms with Crippen LogP contribution in [0.1, 0.15) is 0 Å². The van der Waals surface area contributed by atoms with Crippen molar-refractivity contribution in [3.63, 3.8) is 0 Å². The lowest BCUT2D eigenvalue weighted by Crippen LogP contribution is -2.12. The molecule has 0 aliphatic heterocycles. The largest absolute Gasteiger partial charge is 0.325 e. The van der Waals surface area contributed by atoms with Crippen molar-refractivity contribution in [3.8, 4) is 5.69 Å². The van der Waals surface area contributed by atoms with E-state index < -0.39 is 0 Å². The van der Waals surface area contributed by atoms with Gasteiger partial charge in [-0.3, -0.25) is 4.79 Å². The molecule has 82 valence electrons. The Bertz CT molecular complexity index is 484. The van der Waals surface area contributed by atoms with Gasteiger partial charge in [0.2, 0.25) is 5.91 Å². The number of hydrogen-bond acceptors (Lipinski definition) is 4. The number of benzene rings is 1. The average Bonchev–Trinajstić information content (AvgIpc) is 2.83. The molecule has 0 aliphatic rings. The molecule has 2 rings (SSSR count). The first-order valence-electron chi connectivity index (χ1n) is 4.49. The number of hydrogen-bond donors (Lipinski definition) is 1. The fourth-order valence-electron chi connectivity index (χ4n) is 1.20. The summed E-state index contributed by atoms with van der Waals surface area (Å²) < 4.78 is 1.50. The summed E-state index contributed by atoms with van der Waals surface area (Å²) in [6.45, 7) is 0. The van der Waals surface area contributed by atoms with Crippen molar-refractivity contribution in [1.82, 2.24) is 20.2 Å². The van der Waals surface area contributed by atoms with Crippen molar-refractivity contribution in [1.29, 1.82) is 0 Å². The van der Waals surface area contributed by atoms with E-state index in [9.17, 15) is 4.79 Å². The predicted molar refractivity (Wildman–Crippen MR) is 58.5 cm³/mol. The minimum atomic E-state index is -0.254. The van der Waals surface area contributed by atoms with Gasteiger partial charge < -0.3 is 5.32 Å². The molecule has 16 heavy (non-hydrogen) atoms. The first-order chi connectivity index (χ1) is 7.79. The second-order valence-corrected chi connectivity index (χ2v) is 3.25.